The van der Waals surface area contributed by atoms with E-state index < -0.39 is 5.97 Å². The average molecular weight is 412 g/mol. The summed E-state index contributed by atoms with van der Waals surface area (Å²) in [6.07, 6.45) is 0. The maximum atomic E-state index is 12.0. The number of thioether (sulfide) groups is 1. The van der Waals surface area contributed by atoms with Crippen LogP contribution in [0.15, 0.2) is 45.5 Å². The number of ether oxygens (including phenoxy) is 1. The van der Waals surface area contributed by atoms with E-state index in [1.54, 1.807) is 6.92 Å². The van der Waals surface area contributed by atoms with Gasteiger partial charge < -0.3 is 9.72 Å². The van der Waals surface area contributed by atoms with E-state index >= 15 is 0 Å². The molecule has 0 amide bonds. The topological polar surface area (TPSA) is 95.8 Å². The number of thiazole rings is 1. The Morgan fingerprint density at radius 2 is 2.07 bits per heavy atom. The van der Waals surface area contributed by atoms with Crippen molar-refractivity contribution in [2.24, 2.45) is 0 Å². The number of aromatic amines is 1. The molecule has 0 saturated carbocycles. The Hall–Kier alpha value is -2.89. The Kier molecular flexibility index (Phi) is 6.29. The molecule has 2 aromatic heterocycles. The number of hydrogen-bond acceptors (Lipinski definition) is 7. The predicted molar refractivity (Wildman–Crippen MR) is 109 cm³/mol. The first kappa shape index (κ1) is 19.9. The summed E-state index contributed by atoms with van der Waals surface area (Å²) in [7, 11) is 0. The van der Waals surface area contributed by atoms with Crippen LogP contribution in [0, 0.1) is 25.2 Å². The van der Waals surface area contributed by atoms with Gasteiger partial charge in [-0.2, -0.15) is 5.26 Å². The highest BCUT2D eigenvalue weighted by molar-refractivity contribution is 7.99. The second kappa shape index (κ2) is 8.87. The van der Waals surface area contributed by atoms with Crippen LogP contribution >= 0.6 is 23.1 Å². The van der Waals surface area contributed by atoms with E-state index in [0.29, 0.717) is 21.8 Å². The molecule has 3 rings (SSSR count). The molecule has 0 aliphatic rings. The first-order valence-electron chi connectivity index (χ1n) is 8.40. The van der Waals surface area contributed by atoms with Gasteiger partial charge in [-0.05, 0) is 19.4 Å². The van der Waals surface area contributed by atoms with E-state index in [1.807, 2.05) is 42.6 Å². The number of nitrogens with one attached hydrogen (secondary N) is 1. The summed E-state index contributed by atoms with van der Waals surface area (Å²) >= 11 is 2.57. The lowest BCUT2D eigenvalue weighted by Gasteiger charge is -2.06. The maximum Gasteiger partial charge on any atom is 0.316 e. The normalized spacial score (nSPS) is 10.5. The average Bonchev–Trinajstić information content (AvgIpc) is 3.14. The largest absolute Gasteiger partial charge is 0.459 e. The van der Waals surface area contributed by atoms with Crippen molar-refractivity contribution in [3.8, 4) is 16.6 Å². The minimum absolute atomic E-state index is 0.0109. The van der Waals surface area contributed by atoms with Crippen LogP contribution in [0.2, 0.25) is 0 Å². The molecular weight excluding hydrogens is 394 g/mol. The van der Waals surface area contributed by atoms with Gasteiger partial charge in [0.25, 0.3) is 0 Å². The van der Waals surface area contributed by atoms with Crippen molar-refractivity contribution >= 4 is 29.1 Å². The molecule has 0 saturated heterocycles. The lowest BCUT2D eigenvalue weighted by molar-refractivity contribution is -0.141. The highest BCUT2D eigenvalue weighted by Gasteiger charge is 2.12. The fourth-order valence-electron chi connectivity index (χ4n) is 2.43. The molecule has 0 spiro atoms. The number of benzene rings is 1. The number of carbonyl (C=O) groups excluding carboxylic acids is 1. The Balaban J connectivity index is 1.56. The summed E-state index contributed by atoms with van der Waals surface area (Å²) in [6, 6.07) is 11.5. The summed E-state index contributed by atoms with van der Waals surface area (Å²) in [5, 5.41) is 12.3. The quantitative estimate of drug-likeness (QED) is 0.489. The lowest BCUT2D eigenvalue weighted by Crippen LogP contribution is -2.11. The number of pyridine rings is 1. The number of nitriles is 1. The minimum atomic E-state index is -0.443. The molecular formula is C20H17N3O3S2. The fourth-order valence-corrected chi connectivity index (χ4v) is 4.11. The van der Waals surface area contributed by atoms with Crippen LogP contribution in [0.25, 0.3) is 10.6 Å². The van der Waals surface area contributed by atoms with Crippen molar-refractivity contribution in [3.05, 3.63) is 68.4 Å². The maximum absolute atomic E-state index is 12.0. The van der Waals surface area contributed by atoms with Gasteiger partial charge in [-0.25, -0.2) is 4.98 Å². The zero-order valence-corrected chi connectivity index (χ0v) is 16.9. The van der Waals surface area contributed by atoms with Gasteiger partial charge in [0.15, 0.2) is 0 Å². The number of rotatable bonds is 6. The number of aromatic nitrogens is 2. The van der Waals surface area contributed by atoms with Crippen LogP contribution in [-0.4, -0.2) is 21.7 Å². The van der Waals surface area contributed by atoms with Crippen LogP contribution in [0.3, 0.4) is 0 Å². The summed E-state index contributed by atoms with van der Waals surface area (Å²) in [5.41, 5.74) is 3.52. The van der Waals surface area contributed by atoms with Crippen molar-refractivity contribution in [1.82, 2.24) is 9.97 Å². The third kappa shape index (κ3) is 4.88. The van der Waals surface area contributed by atoms with Crippen molar-refractivity contribution in [2.75, 3.05) is 5.75 Å². The summed E-state index contributed by atoms with van der Waals surface area (Å²) in [5.74, 6) is -0.454. The van der Waals surface area contributed by atoms with E-state index in [1.165, 1.54) is 23.0 Å². The Bertz CT molecular complexity index is 1100. The molecule has 0 bridgehead atoms. The smallest absolute Gasteiger partial charge is 0.316 e. The molecule has 3 aromatic rings. The van der Waals surface area contributed by atoms with E-state index in [9.17, 15) is 14.9 Å². The number of carbonyl (C=O) groups is 1. The third-order valence-electron chi connectivity index (χ3n) is 3.88. The summed E-state index contributed by atoms with van der Waals surface area (Å²) < 4.78 is 5.26. The van der Waals surface area contributed by atoms with Crippen molar-refractivity contribution in [1.29, 1.82) is 5.26 Å². The minimum Gasteiger partial charge on any atom is -0.459 e. The molecule has 1 aromatic carbocycles. The van der Waals surface area contributed by atoms with Gasteiger partial charge in [-0.15, -0.1) is 11.3 Å². The molecule has 0 atom stereocenters. The Morgan fingerprint density at radius 1 is 1.32 bits per heavy atom. The number of nitrogens with zero attached hydrogens (tertiary/aromatic N) is 2. The van der Waals surface area contributed by atoms with Crippen LogP contribution < -0.4 is 5.56 Å². The van der Waals surface area contributed by atoms with Crippen molar-refractivity contribution in [3.63, 3.8) is 0 Å². The predicted octanol–water partition coefficient (Wildman–Crippen LogP) is 3.82. The third-order valence-corrected chi connectivity index (χ3v) is 5.80. The van der Waals surface area contributed by atoms with Crippen LogP contribution in [-0.2, 0) is 16.1 Å². The van der Waals surface area contributed by atoms with Crippen molar-refractivity contribution in [2.45, 2.75) is 25.5 Å². The van der Waals surface area contributed by atoms with Gasteiger partial charge in [0, 0.05) is 17.0 Å². The van der Waals surface area contributed by atoms with Crippen LogP contribution in [0.1, 0.15) is 22.4 Å². The molecule has 2 heterocycles. The molecule has 0 aliphatic carbocycles. The Morgan fingerprint density at radius 3 is 2.79 bits per heavy atom. The number of hydrogen-bond donors (Lipinski definition) is 1. The molecule has 0 unspecified atom stereocenters. The molecule has 6 nitrogen and oxygen atoms in total. The molecule has 0 radical (unpaired) electrons. The lowest BCUT2D eigenvalue weighted by atomic mass is 10.2. The van der Waals surface area contributed by atoms with E-state index in [-0.39, 0.29) is 17.9 Å². The molecule has 0 fully saturated rings. The second-order valence-corrected chi connectivity index (χ2v) is 7.94. The van der Waals surface area contributed by atoms with Crippen molar-refractivity contribution < 1.29 is 9.53 Å². The molecule has 0 aliphatic heterocycles. The number of aryl methyl sites for hydroxylation is 2. The summed E-state index contributed by atoms with van der Waals surface area (Å²) in [6.45, 7) is 3.79. The van der Waals surface area contributed by atoms with Crippen LogP contribution in [0.4, 0.5) is 0 Å². The summed E-state index contributed by atoms with van der Waals surface area (Å²) in [4.78, 5) is 30.7. The molecule has 1 N–H and O–H groups in total. The van der Waals surface area contributed by atoms with Gasteiger partial charge in [0.05, 0.1) is 22.0 Å². The molecule has 142 valence electrons. The molecule has 8 heteroatoms. The fraction of sp³-hybridized carbons (Fsp3) is 0.200. The van der Waals surface area contributed by atoms with Gasteiger partial charge in [0.2, 0.25) is 5.56 Å². The number of H-pyrrole nitrogens is 1. The first-order chi connectivity index (χ1) is 13.5. The van der Waals surface area contributed by atoms with Gasteiger partial charge in [-0.1, -0.05) is 41.6 Å². The Labute approximate surface area is 170 Å². The monoisotopic (exact) mass is 411 g/mol. The van der Waals surface area contributed by atoms with E-state index in [2.05, 4.69) is 9.97 Å². The zero-order valence-electron chi connectivity index (χ0n) is 15.3. The van der Waals surface area contributed by atoms with Gasteiger partial charge in [-0.3, -0.25) is 9.59 Å². The van der Waals surface area contributed by atoms with E-state index in [4.69, 9.17) is 4.74 Å². The van der Waals surface area contributed by atoms with Gasteiger partial charge in [0.1, 0.15) is 17.7 Å². The molecule has 28 heavy (non-hydrogen) atoms. The zero-order chi connectivity index (χ0) is 20.1. The standard InChI is InChI=1S/C20H17N3O3S2/c1-12-3-5-14(6-4-12)19-22-15(10-27-19)9-26-18(25)11-28-20-16(8-21)13(2)7-17(24)23-20/h3-7,10H,9,11H2,1-2H3,(H,23,24). The van der Waals surface area contributed by atoms with E-state index in [0.717, 1.165) is 22.3 Å². The van der Waals surface area contributed by atoms with Crippen LogP contribution in [0.5, 0.6) is 0 Å². The highest BCUT2D eigenvalue weighted by atomic mass is 32.2. The number of esters is 1. The second-order valence-electron chi connectivity index (χ2n) is 6.09. The van der Waals surface area contributed by atoms with Gasteiger partial charge >= 0.3 is 5.97 Å². The first-order valence-corrected chi connectivity index (χ1v) is 10.3. The SMILES string of the molecule is Cc1ccc(-c2nc(COC(=O)CSc3[nH]c(=O)cc(C)c3C#N)cs2)cc1. The highest BCUT2D eigenvalue weighted by Crippen LogP contribution is 2.25.